The van der Waals surface area contributed by atoms with Crippen molar-refractivity contribution in [2.75, 3.05) is 0 Å². The van der Waals surface area contributed by atoms with Gasteiger partial charge in [-0.2, -0.15) is 5.26 Å². The van der Waals surface area contributed by atoms with E-state index in [0.717, 1.165) is 18.4 Å². The van der Waals surface area contributed by atoms with Crippen LogP contribution < -0.4 is 5.32 Å². The largest absolute Gasteiger partial charge is 0.508 e. The molecule has 18 heavy (non-hydrogen) atoms. The molecule has 1 amide bonds. The lowest BCUT2D eigenvalue weighted by molar-refractivity contribution is 0.0920. The van der Waals surface area contributed by atoms with Gasteiger partial charge in [-0.15, -0.1) is 0 Å². The maximum Gasteiger partial charge on any atom is 0.252 e. The predicted octanol–water partition coefficient (Wildman–Crippen LogP) is 2.27. The first kappa shape index (κ1) is 12.4. The second-order valence-corrected chi connectivity index (χ2v) is 4.86. The molecular formula is C14H16N2O2. The van der Waals surface area contributed by atoms with E-state index >= 15 is 0 Å². The minimum Gasteiger partial charge on any atom is -0.508 e. The zero-order valence-electron chi connectivity index (χ0n) is 10.4. The fraction of sp³-hybridized carbons (Fsp3) is 0.429. The number of hydrogen-bond donors (Lipinski definition) is 2. The number of carbonyl (C=O) groups is 1. The molecule has 2 N–H and O–H groups in total. The van der Waals surface area contributed by atoms with Crippen LogP contribution in [0.1, 0.15) is 41.6 Å². The number of aromatic hydroxyl groups is 1. The summed E-state index contributed by atoms with van der Waals surface area (Å²) in [6.07, 6.45) is 3.33. The van der Waals surface area contributed by atoms with Crippen molar-refractivity contribution in [3.63, 3.8) is 0 Å². The Kier molecular flexibility index (Phi) is 3.24. The molecule has 0 aliphatic heterocycles. The van der Waals surface area contributed by atoms with Gasteiger partial charge in [-0.1, -0.05) is 6.07 Å². The number of benzene rings is 1. The second kappa shape index (κ2) is 4.69. The quantitative estimate of drug-likeness (QED) is 0.838. The fourth-order valence-electron chi connectivity index (χ4n) is 2.28. The third-order valence-corrected chi connectivity index (χ3v) is 3.50. The zero-order chi connectivity index (χ0) is 13.2. The molecular weight excluding hydrogens is 228 g/mol. The molecule has 1 aromatic carbocycles. The van der Waals surface area contributed by atoms with Gasteiger partial charge in [-0.25, -0.2) is 0 Å². The van der Waals surface area contributed by atoms with Crippen molar-refractivity contribution in [1.82, 2.24) is 5.32 Å². The summed E-state index contributed by atoms with van der Waals surface area (Å²) in [5.41, 5.74) is 0.388. The van der Waals surface area contributed by atoms with Crippen LogP contribution in [0.25, 0.3) is 0 Å². The number of hydrogen-bond acceptors (Lipinski definition) is 3. The molecule has 0 atom stereocenters. The summed E-state index contributed by atoms with van der Waals surface area (Å²) in [6, 6.07) is 6.99. The molecule has 0 heterocycles. The molecule has 1 saturated carbocycles. The first-order valence-electron chi connectivity index (χ1n) is 6.10. The van der Waals surface area contributed by atoms with Crippen LogP contribution in [0, 0.1) is 18.3 Å². The highest BCUT2D eigenvalue weighted by Gasteiger charge is 2.35. The summed E-state index contributed by atoms with van der Waals surface area (Å²) in [6.45, 7) is 1.77. The average Bonchev–Trinajstić information content (AvgIpc) is 2.82. The Labute approximate surface area is 106 Å². The van der Waals surface area contributed by atoms with E-state index in [1.54, 1.807) is 19.1 Å². The van der Waals surface area contributed by atoms with Gasteiger partial charge < -0.3 is 10.4 Å². The summed E-state index contributed by atoms with van der Waals surface area (Å²) >= 11 is 0. The Morgan fingerprint density at radius 1 is 1.44 bits per heavy atom. The number of phenolic OH excluding ortho intramolecular Hbond substituents is 1. The summed E-state index contributed by atoms with van der Waals surface area (Å²) in [7, 11) is 0. The van der Waals surface area contributed by atoms with E-state index in [0.29, 0.717) is 18.4 Å². The van der Waals surface area contributed by atoms with Gasteiger partial charge >= 0.3 is 0 Å². The Morgan fingerprint density at radius 2 is 2.11 bits per heavy atom. The molecule has 1 aliphatic rings. The maximum absolute atomic E-state index is 12.1. The number of rotatable bonds is 2. The molecule has 94 valence electrons. The molecule has 0 spiro atoms. The molecule has 1 fully saturated rings. The van der Waals surface area contributed by atoms with Gasteiger partial charge in [0.05, 0.1) is 6.07 Å². The molecule has 0 unspecified atom stereocenters. The first-order chi connectivity index (χ1) is 8.56. The average molecular weight is 244 g/mol. The summed E-state index contributed by atoms with van der Waals surface area (Å²) < 4.78 is 0. The fourth-order valence-corrected chi connectivity index (χ4v) is 2.28. The highest BCUT2D eigenvalue weighted by Crippen LogP contribution is 2.29. The van der Waals surface area contributed by atoms with Crippen LogP contribution in [0.3, 0.4) is 0 Å². The number of phenols is 1. The van der Waals surface area contributed by atoms with Gasteiger partial charge in [0.2, 0.25) is 0 Å². The normalized spacial score (nSPS) is 17.1. The lowest BCUT2D eigenvalue weighted by Gasteiger charge is -2.22. The van der Waals surface area contributed by atoms with E-state index in [1.165, 1.54) is 6.07 Å². The van der Waals surface area contributed by atoms with E-state index < -0.39 is 5.54 Å². The Balaban J connectivity index is 2.17. The molecule has 1 aliphatic carbocycles. The van der Waals surface area contributed by atoms with Crippen LogP contribution in [0.4, 0.5) is 0 Å². The number of carbonyl (C=O) groups excluding carboxylic acids is 1. The van der Waals surface area contributed by atoms with Crippen LogP contribution in [0.2, 0.25) is 0 Å². The monoisotopic (exact) mass is 244 g/mol. The number of nitrogens with one attached hydrogen (secondary N) is 1. The second-order valence-electron chi connectivity index (χ2n) is 4.86. The number of nitriles is 1. The highest BCUT2D eigenvalue weighted by atomic mass is 16.3. The standard InChI is InChI=1S/C14H16N2O2/c1-10-4-5-11(8-12(10)17)13(18)16-14(9-15)6-2-3-7-14/h4-5,8,17H,2-3,6-7H2,1H3,(H,16,18). The summed E-state index contributed by atoms with van der Waals surface area (Å²) in [5.74, 6) is -0.200. The van der Waals surface area contributed by atoms with Crippen LogP contribution in [-0.2, 0) is 0 Å². The van der Waals surface area contributed by atoms with Crippen LogP contribution in [0.5, 0.6) is 5.75 Å². The van der Waals surface area contributed by atoms with Gasteiger partial charge in [0.25, 0.3) is 5.91 Å². The summed E-state index contributed by atoms with van der Waals surface area (Å²) in [5, 5.41) is 21.6. The van der Waals surface area contributed by atoms with Crippen molar-refractivity contribution in [3.8, 4) is 11.8 Å². The molecule has 2 rings (SSSR count). The van der Waals surface area contributed by atoms with Crippen LogP contribution in [0.15, 0.2) is 18.2 Å². The molecule has 0 radical (unpaired) electrons. The summed E-state index contributed by atoms with van der Waals surface area (Å²) in [4.78, 5) is 12.1. The smallest absolute Gasteiger partial charge is 0.252 e. The lowest BCUT2D eigenvalue weighted by atomic mass is 9.99. The predicted molar refractivity (Wildman–Crippen MR) is 67.1 cm³/mol. The number of nitrogens with zero attached hydrogens (tertiary/aromatic N) is 1. The van der Waals surface area contributed by atoms with E-state index in [2.05, 4.69) is 11.4 Å². The Hall–Kier alpha value is -2.02. The van der Waals surface area contributed by atoms with Crippen molar-refractivity contribution in [3.05, 3.63) is 29.3 Å². The van der Waals surface area contributed by atoms with Crippen LogP contribution >= 0.6 is 0 Å². The van der Waals surface area contributed by atoms with Gasteiger partial charge in [0.15, 0.2) is 0 Å². The van der Waals surface area contributed by atoms with Crippen molar-refractivity contribution in [2.24, 2.45) is 0 Å². The van der Waals surface area contributed by atoms with Crippen molar-refractivity contribution in [2.45, 2.75) is 38.1 Å². The van der Waals surface area contributed by atoms with Gasteiger partial charge in [0, 0.05) is 5.56 Å². The molecule has 0 saturated heterocycles. The van der Waals surface area contributed by atoms with Crippen molar-refractivity contribution in [1.29, 1.82) is 5.26 Å². The maximum atomic E-state index is 12.1. The molecule has 0 bridgehead atoms. The lowest BCUT2D eigenvalue weighted by Crippen LogP contribution is -2.45. The topological polar surface area (TPSA) is 73.1 Å². The first-order valence-corrected chi connectivity index (χ1v) is 6.10. The minimum atomic E-state index is -0.725. The van der Waals surface area contributed by atoms with Gasteiger partial charge in [-0.05, 0) is 50.3 Å². The third-order valence-electron chi connectivity index (χ3n) is 3.50. The number of aryl methyl sites for hydroxylation is 1. The van der Waals surface area contributed by atoms with Gasteiger partial charge in [-0.3, -0.25) is 4.79 Å². The molecule has 0 aromatic heterocycles. The van der Waals surface area contributed by atoms with Gasteiger partial charge in [0.1, 0.15) is 11.3 Å². The third kappa shape index (κ3) is 2.30. The van der Waals surface area contributed by atoms with E-state index in [-0.39, 0.29) is 11.7 Å². The highest BCUT2D eigenvalue weighted by molar-refractivity contribution is 5.95. The van der Waals surface area contributed by atoms with E-state index in [4.69, 9.17) is 0 Å². The molecule has 4 nitrogen and oxygen atoms in total. The van der Waals surface area contributed by atoms with Crippen LogP contribution in [-0.4, -0.2) is 16.6 Å². The molecule has 1 aromatic rings. The van der Waals surface area contributed by atoms with Crippen molar-refractivity contribution < 1.29 is 9.90 Å². The molecule has 4 heteroatoms. The Bertz CT molecular complexity index is 511. The van der Waals surface area contributed by atoms with Crippen molar-refractivity contribution >= 4 is 5.91 Å². The zero-order valence-corrected chi connectivity index (χ0v) is 10.4. The minimum absolute atomic E-state index is 0.0973. The number of amides is 1. The Morgan fingerprint density at radius 3 is 2.67 bits per heavy atom. The van der Waals surface area contributed by atoms with E-state index in [1.807, 2.05) is 0 Å². The van der Waals surface area contributed by atoms with E-state index in [9.17, 15) is 15.2 Å². The SMILES string of the molecule is Cc1ccc(C(=O)NC2(C#N)CCCC2)cc1O.